The van der Waals surface area contributed by atoms with Gasteiger partial charge >= 0.3 is 0 Å². The number of fused-ring (bicyclic) bond motifs is 1. The Labute approximate surface area is 86.1 Å². The maximum absolute atomic E-state index is 8.94. The first-order valence-electron chi connectivity index (χ1n) is 5.17. The number of aliphatic hydroxyl groups excluding tert-OH is 1. The zero-order chi connectivity index (χ0) is 10.4. The van der Waals surface area contributed by atoms with Crippen LogP contribution in [0.2, 0.25) is 0 Å². The predicted octanol–water partition coefficient (Wildman–Crippen LogP) is 3.39. The van der Waals surface area contributed by atoms with Gasteiger partial charge in [-0.05, 0) is 37.0 Å². The van der Waals surface area contributed by atoms with E-state index in [0.717, 1.165) is 12.8 Å². The molecule has 2 aliphatic rings. The third-order valence-corrected chi connectivity index (χ3v) is 2.23. The fourth-order valence-electron chi connectivity index (χ4n) is 1.14. The number of hydrogen-bond acceptors (Lipinski definition) is 1. The zero-order valence-corrected chi connectivity index (χ0v) is 8.90. The van der Waals surface area contributed by atoms with Crippen LogP contribution in [-0.2, 0) is 0 Å². The third-order valence-electron chi connectivity index (χ3n) is 2.23. The summed E-state index contributed by atoms with van der Waals surface area (Å²) < 4.78 is 0. The van der Waals surface area contributed by atoms with E-state index in [-0.39, 0.29) is 6.10 Å². The molecule has 0 saturated heterocycles. The minimum atomic E-state index is -0.133. The van der Waals surface area contributed by atoms with Gasteiger partial charge in [0.15, 0.2) is 0 Å². The van der Waals surface area contributed by atoms with E-state index in [1.165, 1.54) is 11.1 Å². The molecule has 1 atom stereocenters. The molecule has 1 unspecified atom stereocenters. The van der Waals surface area contributed by atoms with Crippen molar-refractivity contribution in [2.24, 2.45) is 0 Å². The minimum absolute atomic E-state index is 0.133. The highest BCUT2D eigenvalue weighted by atomic mass is 16.3. The zero-order valence-electron chi connectivity index (χ0n) is 8.90. The molecule has 0 fully saturated rings. The molecule has 0 aromatic heterocycles. The van der Waals surface area contributed by atoms with E-state index in [9.17, 15) is 0 Å². The molecular weight excluding hydrogens is 172 g/mol. The summed E-state index contributed by atoms with van der Waals surface area (Å²) in [5.74, 6) is 0. The van der Waals surface area contributed by atoms with Gasteiger partial charge in [0.2, 0.25) is 0 Å². The molecule has 0 aromatic carbocycles. The van der Waals surface area contributed by atoms with Crippen molar-refractivity contribution in [2.75, 3.05) is 0 Å². The molecule has 0 aliphatic heterocycles. The maximum atomic E-state index is 8.94. The van der Waals surface area contributed by atoms with E-state index in [1.807, 2.05) is 26.0 Å². The van der Waals surface area contributed by atoms with Crippen LogP contribution in [0, 0.1) is 0 Å². The highest BCUT2D eigenvalue weighted by Crippen LogP contribution is 2.32. The van der Waals surface area contributed by atoms with Crippen molar-refractivity contribution in [3.05, 3.63) is 36.4 Å². The molecule has 2 aliphatic carbocycles. The van der Waals surface area contributed by atoms with Gasteiger partial charge in [-0.3, -0.25) is 0 Å². The molecule has 1 heteroatoms. The third kappa shape index (κ3) is 3.75. The monoisotopic (exact) mass is 190 g/mol. The standard InChI is InChI=1S/C7H14O.C6H4/c1-3-5-6-7(8)4-2;1-2-5-4-6(5)3-1/h3,5,7-8H,4,6H2,1-2H3;1-4H. The molecule has 0 aromatic rings. The molecule has 1 N–H and O–H groups in total. The number of allylic oxidation sites excluding steroid dienone is 1. The Kier molecular flexibility index (Phi) is 4.41. The normalized spacial score (nSPS) is 13.4. The van der Waals surface area contributed by atoms with Crippen LogP contribution < -0.4 is 0 Å². The van der Waals surface area contributed by atoms with Crippen LogP contribution in [0.4, 0.5) is 0 Å². The summed E-state index contributed by atoms with van der Waals surface area (Å²) in [5.41, 5.74) is 2.85. The van der Waals surface area contributed by atoms with Gasteiger partial charge in [0.05, 0.1) is 6.10 Å². The summed E-state index contributed by atoms with van der Waals surface area (Å²) in [7, 11) is 0. The van der Waals surface area contributed by atoms with Crippen LogP contribution in [0.1, 0.15) is 26.7 Å². The lowest BCUT2D eigenvalue weighted by atomic mass is 10.2. The quantitative estimate of drug-likeness (QED) is 0.735. The average molecular weight is 190 g/mol. The Balaban J connectivity index is 0.000000143. The smallest absolute Gasteiger partial charge is 0.0572 e. The first-order valence-corrected chi connectivity index (χ1v) is 5.17. The van der Waals surface area contributed by atoms with Crippen molar-refractivity contribution in [3.8, 4) is 11.1 Å². The maximum Gasteiger partial charge on any atom is 0.0572 e. The number of aliphatic hydroxyl groups is 1. The SMILES string of the molecule is CC=CCC(O)CC.c1cc2cc-2c1. The second-order valence-electron chi connectivity index (χ2n) is 3.45. The van der Waals surface area contributed by atoms with Gasteiger partial charge in [0, 0.05) is 0 Å². The summed E-state index contributed by atoms with van der Waals surface area (Å²) in [4.78, 5) is 0. The number of hydrogen-bond donors (Lipinski definition) is 1. The second-order valence-corrected chi connectivity index (χ2v) is 3.45. The first kappa shape index (κ1) is 11.0. The van der Waals surface area contributed by atoms with Gasteiger partial charge in [-0.2, -0.15) is 0 Å². The van der Waals surface area contributed by atoms with E-state index in [4.69, 9.17) is 5.11 Å². The molecule has 0 spiro atoms. The van der Waals surface area contributed by atoms with Crippen molar-refractivity contribution in [1.82, 2.24) is 0 Å². The van der Waals surface area contributed by atoms with Gasteiger partial charge in [-0.15, -0.1) is 0 Å². The lowest BCUT2D eigenvalue weighted by molar-refractivity contribution is 0.173. The fourth-order valence-corrected chi connectivity index (χ4v) is 1.14. The van der Waals surface area contributed by atoms with Gasteiger partial charge in [-0.25, -0.2) is 0 Å². The van der Waals surface area contributed by atoms with Crippen LogP contribution in [0.25, 0.3) is 11.1 Å². The Morgan fingerprint density at radius 3 is 2.29 bits per heavy atom. The summed E-state index contributed by atoms with van der Waals surface area (Å²) >= 11 is 0. The predicted molar refractivity (Wildman–Crippen MR) is 61.2 cm³/mol. The van der Waals surface area contributed by atoms with E-state index in [0.29, 0.717) is 0 Å². The number of benzene rings is 1. The molecule has 14 heavy (non-hydrogen) atoms. The van der Waals surface area contributed by atoms with E-state index >= 15 is 0 Å². The van der Waals surface area contributed by atoms with Crippen molar-refractivity contribution < 1.29 is 5.11 Å². The second kappa shape index (κ2) is 5.61. The topological polar surface area (TPSA) is 20.2 Å². The highest BCUT2D eigenvalue weighted by molar-refractivity contribution is 5.80. The minimum Gasteiger partial charge on any atom is -0.393 e. The largest absolute Gasteiger partial charge is 0.393 e. The Bertz CT molecular complexity index is 285. The molecular formula is C13H18O. The molecule has 1 nitrogen and oxygen atoms in total. The van der Waals surface area contributed by atoms with E-state index in [2.05, 4.69) is 24.3 Å². The lowest BCUT2D eigenvalue weighted by Gasteiger charge is -2.00. The molecule has 0 bridgehead atoms. The Hall–Kier alpha value is -1.08. The van der Waals surface area contributed by atoms with Gasteiger partial charge in [-0.1, -0.05) is 37.3 Å². The Morgan fingerprint density at radius 2 is 2.00 bits per heavy atom. The van der Waals surface area contributed by atoms with Crippen molar-refractivity contribution in [3.63, 3.8) is 0 Å². The summed E-state index contributed by atoms with van der Waals surface area (Å²) in [6.45, 7) is 3.94. The Morgan fingerprint density at radius 1 is 1.36 bits per heavy atom. The average Bonchev–Trinajstić information content (AvgIpc) is 2.83. The molecule has 2 rings (SSSR count). The van der Waals surface area contributed by atoms with Crippen molar-refractivity contribution in [2.45, 2.75) is 32.8 Å². The van der Waals surface area contributed by atoms with Crippen LogP contribution in [0.15, 0.2) is 36.4 Å². The molecule has 0 amide bonds. The van der Waals surface area contributed by atoms with Crippen LogP contribution in [-0.4, -0.2) is 11.2 Å². The summed E-state index contributed by atoms with van der Waals surface area (Å²) in [6, 6.07) is 8.48. The first-order chi connectivity index (χ1) is 6.77. The molecule has 0 radical (unpaired) electrons. The van der Waals surface area contributed by atoms with Crippen molar-refractivity contribution >= 4 is 0 Å². The van der Waals surface area contributed by atoms with Crippen LogP contribution >= 0.6 is 0 Å². The van der Waals surface area contributed by atoms with Crippen molar-refractivity contribution in [1.29, 1.82) is 0 Å². The lowest BCUT2D eigenvalue weighted by Crippen LogP contribution is -2.00. The van der Waals surface area contributed by atoms with Crippen LogP contribution in [0.5, 0.6) is 0 Å². The highest BCUT2D eigenvalue weighted by Gasteiger charge is 2.06. The molecule has 76 valence electrons. The van der Waals surface area contributed by atoms with Gasteiger partial charge in [0.25, 0.3) is 0 Å². The van der Waals surface area contributed by atoms with Gasteiger partial charge in [0.1, 0.15) is 0 Å². The van der Waals surface area contributed by atoms with Crippen LogP contribution in [0.3, 0.4) is 0 Å². The van der Waals surface area contributed by atoms with Gasteiger partial charge < -0.3 is 5.11 Å². The molecule has 0 saturated carbocycles. The summed E-state index contributed by atoms with van der Waals surface area (Å²) in [5, 5.41) is 8.94. The number of rotatable bonds is 3. The molecule has 0 heterocycles. The summed E-state index contributed by atoms with van der Waals surface area (Å²) in [6.07, 6.45) is 5.45. The van der Waals surface area contributed by atoms with E-state index < -0.39 is 0 Å². The van der Waals surface area contributed by atoms with E-state index in [1.54, 1.807) is 0 Å². The fraction of sp³-hybridized carbons (Fsp3) is 0.385.